The second-order valence-electron chi connectivity index (χ2n) is 3.26. The molecule has 1 aromatic rings. The van der Waals surface area contributed by atoms with Crippen molar-refractivity contribution in [2.24, 2.45) is 5.90 Å². The quantitative estimate of drug-likeness (QED) is 0.777. The van der Waals surface area contributed by atoms with E-state index in [-0.39, 0.29) is 0 Å². The zero-order valence-corrected chi connectivity index (χ0v) is 8.99. The van der Waals surface area contributed by atoms with E-state index in [9.17, 15) is 0 Å². The first-order chi connectivity index (χ1) is 5.97. The second-order valence-corrected chi connectivity index (χ2v) is 4.07. The molecule has 13 heavy (non-hydrogen) atoms. The maximum absolute atomic E-state index is 5.85. The van der Waals surface area contributed by atoms with Crippen molar-refractivity contribution < 1.29 is 4.84 Å². The summed E-state index contributed by atoms with van der Waals surface area (Å²) in [5.74, 6) is 5.15. The highest BCUT2D eigenvalue weighted by Crippen LogP contribution is 2.29. The lowest BCUT2D eigenvalue weighted by atomic mass is 9.99. The summed E-state index contributed by atoms with van der Waals surface area (Å²) < 4.78 is 0. The summed E-state index contributed by atoms with van der Waals surface area (Å²) in [4.78, 5) is 4.82. The fraction of sp³-hybridized carbons (Fsp3) is 0.333. The second kappa shape index (κ2) is 3.84. The van der Waals surface area contributed by atoms with Gasteiger partial charge in [0.2, 0.25) is 0 Å². The van der Waals surface area contributed by atoms with Crippen molar-refractivity contribution in [3.63, 3.8) is 0 Å². The van der Waals surface area contributed by atoms with E-state index in [4.69, 9.17) is 33.9 Å². The Morgan fingerprint density at radius 1 is 1.23 bits per heavy atom. The SMILES string of the molecule is CC(C)(ON)c1ccc(Cl)c(Cl)c1. The first kappa shape index (κ1) is 10.8. The van der Waals surface area contributed by atoms with E-state index in [1.54, 1.807) is 12.1 Å². The van der Waals surface area contributed by atoms with Crippen LogP contribution in [-0.2, 0) is 10.4 Å². The topological polar surface area (TPSA) is 35.2 Å². The highest BCUT2D eigenvalue weighted by molar-refractivity contribution is 6.42. The van der Waals surface area contributed by atoms with E-state index in [2.05, 4.69) is 0 Å². The summed E-state index contributed by atoms with van der Waals surface area (Å²) in [6.45, 7) is 3.71. The van der Waals surface area contributed by atoms with Gasteiger partial charge in [-0.25, -0.2) is 5.90 Å². The highest BCUT2D eigenvalue weighted by Gasteiger charge is 2.20. The van der Waals surface area contributed by atoms with Crippen molar-refractivity contribution >= 4 is 23.2 Å². The minimum atomic E-state index is -0.547. The van der Waals surface area contributed by atoms with Crippen molar-refractivity contribution in [2.75, 3.05) is 0 Å². The molecule has 0 saturated heterocycles. The summed E-state index contributed by atoms with van der Waals surface area (Å²) in [7, 11) is 0. The molecule has 0 radical (unpaired) electrons. The van der Waals surface area contributed by atoms with Crippen LogP contribution in [0.1, 0.15) is 19.4 Å². The van der Waals surface area contributed by atoms with Crippen LogP contribution < -0.4 is 5.90 Å². The largest absolute Gasteiger partial charge is 0.294 e. The van der Waals surface area contributed by atoms with Crippen LogP contribution in [0.2, 0.25) is 10.0 Å². The van der Waals surface area contributed by atoms with E-state index in [1.165, 1.54) is 0 Å². The summed E-state index contributed by atoms with van der Waals surface area (Å²) in [5, 5.41) is 1.03. The lowest BCUT2D eigenvalue weighted by Gasteiger charge is -2.22. The maximum atomic E-state index is 5.85. The van der Waals surface area contributed by atoms with Gasteiger partial charge in [0, 0.05) is 0 Å². The lowest BCUT2D eigenvalue weighted by Crippen LogP contribution is -2.25. The molecule has 0 heterocycles. The molecule has 0 bridgehead atoms. The summed E-state index contributed by atoms with van der Waals surface area (Å²) >= 11 is 11.6. The molecule has 0 aromatic heterocycles. The van der Waals surface area contributed by atoms with Crippen molar-refractivity contribution in [2.45, 2.75) is 19.4 Å². The normalized spacial score (nSPS) is 11.8. The van der Waals surface area contributed by atoms with Gasteiger partial charge in [-0.05, 0) is 31.5 Å². The van der Waals surface area contributed by atoms with Crippen LogP contribution in [0.4, 0.5) is 0 Å². The Kier molecular flexibility index (Phi) is 3.19. The molecule has 2 nitrogen and oxygen atoms in total. The summed E-state index contributed by atoms with van der Waals surface area (Å²) in [6, 6.07) is 5.30. The molecule has 1 rings (SSSR count). The van der Waals surface area contributed by atoms with Crippen molar-refractivity contribution in [3.8, 4) is 0 Å². The molecule has 4 heteroatoms. The van der Waals surface area contributed by atoms with Gasteiger partial charge in [-0.15, -0.1) is 0 Å². The predicted octanol–water partition coefficient (Wildman–Crippen LogP) is 3.12. The number of halogens is 2. The average molecular weight is 220 g/mol. The van der Waals surface area contributed by atoms with Crippen molar-refractivity contribution in [1.29, 1.82) is 0 Å². The van der Waals surface area contributed by atoms with Crippen molar-refractivity contribution in [3.05, 3.63) is 33.8 Å². The van der Waals surface area contributed by atoms with Crippen LogP contribution >= 0.6 is 23.2 Å². The molecular formula is C9H11Cl2NO. The van der Waals surface area contributed by atoms with E-state index in [0.29, 0.717) is 10.0 Å². The maximum Gasteiger partial charge on any atom is 0.109 e. The van der Waals surface area contributed by atoms with Gasteiger partial charge in [0.1, 0.15) is 5.60 Å². The Morgan fingerprint density at radius 3 is 2.31 bits per heavy atom. The van der Waals surface area contributed by atoms with Gasteiger partial charge >= 0.3 is 0 Å². The monoisotopic (exact) mass is 219 g/mol. The Morgan fingerprint density at radius 2 is 1.85 bits per heavy atom. The van der Waals surface area contributed by atoms with Crippen LogP contribution in [0.3, 0.4) is 0 Å². The number of rotatable bonds is 2. The Hall–Kier alpha value is -0.280. The fourth-order valence-electron chi connectivity index (χ4n) is 0.939. The van der Waals surface area contributed by atoms with Gasteiger partial charge < -0.3 is 0 Å². The standard InChI is InChI=1S/C9H11Cl2NO/c1-9(2,13-12)6-3-4-7(10)8(11)5-6/h3-5H,12H2,1-2H3. The molecule has 0 spiro atoms. The average Bonchev–Trinajstić information content (AvgIpc) is 2.09. The van der Waals surface area contributed by atoms with Crippen LogP contribution in [0.25, 0.3) is 0 Å². The van der Waals surface area contributed by atoms with Gasteiger partial charge in [0.15, 0.2) is 0 Å². The van der Waals surface area contributed by atoms with Crippen LogP contribution in [0, 0.1) is 0 Å². The van der Waals surface area contributed by atoms with Crippen molar-refractivity contribution in [1.82, 2.24) is 0 Å². The van der Waals surface area contributed by atoms with Gasteiger partial charge in [0.05, 0.1) is 10.0 Å². The van der Waals surface area contributed by atoms with Gasteiger partial charge in [-0.2, -0.15) is 0 Å². The third-order valence-electron chi connectivity index (χ3n) is 1.91. The number of hydrogen-bond acceptors (Lipinski definition) is 2. The molecule has 0 unspecified atom stereocenters. The first-order valence-corrected chi connectivity index (χ1v) is 4.56. The molecule has 0 aliphatic carbocycles. The van der Waals surface area contributed by atoms with Gasteiger partial charge in [0.25, 0.3) is 0 Å². The van der Waals surface area contributed by atoms with E-state index >= 15 is 0 Å². The zero-order chi connectivity index (χ0) is 10.1. The molecule has 72 valence electrons. The third kappa shape index (κ3) is 2.35. The molecule has 1 aromatic carbocycles. The molecule has 0 aliphatic rings. The molecular weight excluding hydrogens is 209 g/mol. The Bertz CT molecular complexity index is 312. The third-order valence-corrected chi connectivity index (χ3v) is 2.65. The highest BCUT2D eigenvalue weighted by atomic mass is 35.5. The van der Waals surface area contributed by atoms with Crippen LogP contribution in [-0.4, -0.2) is 0 Å². The van der Waals surface area contributed by atoms with Crippen LogP contribution in [0.15, 0.2) is 18.2 Å². The molecule has 0 atom stereocenters. The summed E-state index contributed by atoms with van der Waals surface area (Å²) in [5.41, 5.74) is 0.346. The molecule has 0 saturated carbocycles. The smallest absolute Gasteiger partial charge is 0.109 e. The van der Waals surface area contributed by atoms with E-state index in [0.717, 1.165) is 5.56 Å². The predicted molar refractivity (Wildman–Crippen MR) is 54.8 cm³/mol. The van der Waals surface area contributed by atoms with Gasteiger partial charge in [-0.1, -0.05) is 29.3 Å². The lowest BCUT2D eigenvalue weighted by molar-refractivity contribution is -0.0236. The number of hydrogen-bond donors (Lipinski definition) is 1. The fourth-order valence-corrected chi connectivity index (χ4v) is 1.24. The Labute approximate surface area is 87.5 Å². The molecule has 0 fully saturated rings. The zero-order valence-electron chi connectivity index (χ0n) is 7.47. The Balaban J connectivity index is 3.10. The van der Waals surface area contributed by atoms with E-state index in [1.807, 2.05) is 19.9 Å². The first-order valence-electron chi connectivity index (χ1n) is 3.81. The molecule has 2 N–H and O–H groups in total. The number of nitrogens with two attached hydrogens (primary N) is 1. The number of benzene rings is 1. The minimum Gasteiger partial charge on any atom is -0.294 e. The van der Waals surface area contributed by atoms with Crippen LogP contribution in [0.5, 0.6) is 0 Å². The summed E-state index contributed by atoms with van der Waals surface area (Å²) in [6.07, 6.45) is 0. The van der Waals surface area contributed by atoms with E-state index < -0.39 is 5.60 Å². The molecule has 0 aliphatic heterocycles. The molecule has 0 amide bonds. The van der Waals surface area contributed by atoms with Gasteiger partial charge in [-0.3, -0.25) is 4.84 Å². The minimum absolute atomic E-state index is 0.504.